The summed E-state index contributed by atoms with van der Waals surface area (Å²) < 4.78 is 20.7. The molecule has 4 nitrogen and oxygen atoms in total. The number of nitrogens with zero attached hydrogens (tertiary/aromatic N) is 1. The van der Waals surface area contributed by atoms with Crippen LogP contribution < -0.4 is 4.72 Å². The largest absolute Gasteiger partial charge is 0.383 e. The molecule has 11 heavy (non-hydrogen) atoms. The van der Waals surface area contributed by atoms with Gasteiger partial charge in [-0.15, -0.1) is 0 Å². The predicted octanol–water partition coefficient (Wildman–Crippen LogP) is -0.493. The molecule has 66 valence electrons. The Balaban J connectivity index is 2.01. The maximum Gasteiger partial charge on any atom is 0.169 e. The van der Waals surface area contributed by atoms with Crippen LogP contribution in [0.2, 0.25) is 0 Å². The van der Waals surface area contributed by atoms with Crippen LogP contribution >= 0.6 is 0 Å². The van der Waals surface area contributed by atoms with Crippen LogP contribution in [0.25, 0.3) is 0 Å². The summed E-state index contributed by atoms with van der Waals surface area (Å²) in [5.74, 6) is 0. The van der Waals surface area contributed by atoms with Crippen LogP contribution in [-0.4, -0.2) is 41.9 Å². The third-order valence-corrected chi connectivity index (χ3v) is 2.87. The van der Waals surface area contributed by atoms with Crippen LogP contribution in [0, 0.1) is 0 Å². The van der Waals surface area contributed by atoms with Crippen LogP contribution in [0.15, 0.2) is 0 Å². The standard InChI is InChI=1S/C6H14N2O2S/c1-10-6-3-7-11(9)8-4-2-5-8/h7H,2-6H2,1H3. The normalized spacial score (nSPS) is 21.2. The van der Waals surface area contributed by atoms with Crippen molar-refractivity contribution < 1.29 is 8.95 Å². The van der Waals surface area contributed by atoms with Gasteiger partial charge in [0.2, 0.25) is 0 Å². The molecule has 0 aliphatic carbocycles. The highest BCUT2D eigenvalue weighted by Crippen LogP contribution is 2.06. The monoisotopic (exact) mass is 178 g/mol. The number of rotatable bonds is 5. The molecule has 1 atom stereocenters. The van der Waals surface area contributed by atoms with Crippen LogP contribution in [0.1, 0.15) is 6.42 Å². The molecule has 0 aromatic carbocycles. The number of ether oxygens (including phenoxy) is 1. The first-order valence-electron chi connectivity index (χ1n) is 3.74. The fourth-order valence-corrected chi connectivity index (χ4v) is 1.81. The minimum Gasteiger partial charge on any atom is -0.383 e. The van der Waals surface area contributed by atoms with E-state index in [4.69, 9.17) is 4.74 Å². The second-order valence-corrected chi connectivity index (χ2v) is 3.72. The summed E-state index contributed by atoms with van der Waals surface area (Å²) in [5, 5.41) is 0. The number of hydrogen-bond acceptors (Lipinski definition) is 2. The Bertz CT molecular complexity index is 139. The van der Waals surface area contributed by atoms with E-state index in [0.29, 0.717) is 13.2 Å². The molecule has 0 saturated carbocycles. The Morgan fingerprint density at radius 1 is 1.64 bits per heavy atom. The summed E-state index contributed by atoms with van der Waals surface area (Å²) in [7, 11) is 1.63. The molecule has 5 heteroatoms. The topological polar surface area (TPSA) is 41.6 Å². The van der Waals surface area contributed by atoms with Crippen molar-refractivity contribution >= 4 is 11.2 Å². The lowest BCUT2D eigenvalue weighted by Gasteiger charge is -2.28. The van der Waals surface area contributed by atoms with Crippen molar-refractivity contribution in [2.75, 3.05) is 33.4 Å². The molecule has 0 spiro atoms. The first-order valence-corrected chi connectivity index (χ1v) is 4.84. The maximum absolute atomic E-state index is 11.2. The second-order valence-electron chi connectivity index (χ2n) is 2.42. The van der Waals surface area contributed by atoms with Crippen molar-refractivity contribution in [3.63, 3.8) is 0 Å². The molecular weight excluding hydrogens is 164 g/mol. The molecule has 0 aromatic rings. The lowest BCUT2D eigenvalue weighted by atomic mass is 10.3. The van der Waals surface area contributed by atoms with Crippen molar-refractivity contribution in [3.8, 4) is 0 Å². The Morgan fingerprint density at radius 3 is 2.82 bits per heavy atom. The van der Waals surface area contributed by atoms with Gasteiger partial charge in [-0.1, -0.05) is 0 Å². The minimum absolute atomic E-state index is 0.611. The lowest BCUT2D eigenvalue weighted by Crippen LogP contribution is -2.44. The van der Waals surface area contributed by atoms with Gasteiger partial charge in [-0.25, -0.2) is 13.2 Å². The van der Waals surface area contributed by atoms with Crippen LogP contribution in [0.5, 0.6) is 0 Å². The van der Waals surface area contributed by atoms with E-state index in [9.17, 15) is 4.21 Å². The summed E-state index contributed by atoms with van der Waals surface area (Å²) in [4.78, 5) is 0. The van der Waals surface area contributed by atoms with Gasteiger partial charge in [0.15, 0.2) is 11.2 Å². The second kappa shape index (κ2) is 4.82. The first kappa shape index (κ1) is 9.12. The summed E-state index contributed by atoms with van der Waals surface area (Å²) in [6, 6.07) is 0. The molecule has 1 saturated heterocycles. The zero-order chi connectivity index (χ0) is 8.10. The van der Waals surface area contributed by atoms with Crippen molar-refractivity contribution in [1.29, 1.82) is 0 Å². The number of methoxy groups -OCH3 is 1. The van der Waals surface area contributed by atoms with E-state index >= 15 is 0 Å². The molecule has 1 aliphatic rings. The Kier molecular flexibility index (Phi) is 3.99. The summed E-state index contributed by atoms with van der Waals surface area (Å²) in [6.45, 7) is 3.17. The SMILES string of the molecule is COCCNS(=O)N1CCC1. The van der Waals surface area contributed by atoms with Gasteiger partial charge >= 0.3 is 0 Å². The molecule has 0 bridgehead atoms. The molecule has 0 amide bonds. The molecule has 1 fully saturated rings. The maximum atomic E-state index is 11.2. The average Bonchev–Trinajstić information content (AvgIpc) is 1.84. The molecular formula is C6H14N2O2S. The fourth-order valence-electron chi connectivity index (χ4n) is 0.775. The van der Waals surface area contributed by atoms with Gasteiger partial charge in [0.25, 0.3) is 0 Å². The van der Waals surface area contributed by atoms with Crippen molar-refractivity contribution in [3.05, 3.63) is 0 Å². The molecule has 1 heterocycles. The highest BCUT2D eigenvalue weighted by Gasteiger charge is 2.19. The third-order valence-electron chi connectivity index (χ3n) is 1.58. The highest BCUT2D eigenvalue weighted by molar-refractivity contribution is 7.80. The minimum atomic E-state index is -0.976. The smallest absolute Gasteiger partial charge is 0.169 e. The van der Waals surface area contributed by atoms with Crippen LogP contribution in [-0.2, 0) is 15.9 Å². The van der Waals surface area contributed by atoms with Crippen LogP contribution in [0.4, 0.5) is 0 Å². The summed E-state index contributed by atoms with van der Waals surface area (Å²) in [5.41, 5.74) is 0. The summed E-state index contributed by atoms with van der Waals surface area (Å²) >= 11 is -0.976. The van der Waals surface area contributed by atoms with E-state index in [2.05, 4.69) is 4.72 Å². The van der Waals surface area contributed by atoms with E-state index in [-0.39, 0.29) is 0 Å². The quantitative estimate of drug-likeness (QED) is 0.577. The van der Waals surface area contributed by atoms with Gasteiger partial charge in [-0.05, 0) is 6.42 Å². The van der Waals surface area contributed by atoms with E-state index in [1.165, 1.54) is 0 Å². The van der Waals surface area contributed by atoms with E-state index in [1.54, 1.807) is 7.11 Å². The third kappa shape index (κ3) is 2.86. The lowest BCUT2D eigenvalue weighted by molar-refractivity contribution is 0.204. The Hall–Kier alpha value is 0.0300. The van der Waals surface area contributed by atoms with Crippen LogP contribution in [0.3, 0.4) is 0 Å². The number of nitrogens with one attached hydrogen (secondary N) is 1. The van der Waals surface area contributed by atoms with Crippen molar-refractivity contribution in [2.45, 2.75) is 6.42 Å². The molecule has 1 aliphatic heterocycles. The predicted molar refractivity (Wildman–Crippen MR) is 44.2 cm³/mol. The fraction of sp³-hybridized carbons (Fsp3) is 1.00. The van der Waals surface area contributed by atoms with Gasteiger partial charge < -0.3 is 4.74 Å². The average molecular weight is 178 g/mol. The van der Waals surface area contributed by atoms with Gasteiger partial charge in [0.1, 0.15) is 0 Å². The highest BCUT2D eigenvalue weighted by atomic mass is 32.2. The van der Waals surface area contributed by atoms with Gasteiger partial charge in [-0.3, -0.25) is 0 Å². The van der Waals surface area contributed by atoms with Gasteiger partial charge in [0.05, 0.1) is 6.61 Å². The number of hydrogen-bond donors (Lipinski definition) is 1. The van der Waals surface area contributed by atoms with Gasteiger partial charge in [0, 0.05) is 26.7 Å². The molecule has 1 unspecified atom stereocenters. The first-order chi connectivity index (χ1) is 5.34. The van der Waals surface area contributed by atoms with Crippen molar-refractivity contribution in [2.24, 2.45) is 0 Å². The van der Waals surface area contributed by atoms with E-state index in [1.807, 2.05) is 4.31 Å². The molecule has 0 radical (unpaired) electrons. The molecule has 1 N–H and O–H groups in total. The molecule has 1 rings (SSSR count). The zero-order valence-corrected chi connectivity index (χ0v) is 7.52. The van der Waals surface area contributed by atoms with E-state index in [0.717, 1.165) is 19.5 Å². The molecule has 0 aromatic heterocycles. The van der Waals surface area contributed by atoms with Crippen molar-refractivity contribution in [1.82, 2.24) is 9.03 Å². The summed E-state index contributed by atoms with van der Waals surface area (Å²) in [6.07, 6.45) is 1.16. The van der Waals surface area contributed by atoms with Gasteiger partial charge in [-0.2, -0.15) is 0 Å². The zero-order valence-electron chi connectivity index (χ0n) is 6.71. The Labute approximate surface area is 69.6 Å². The Morgan fingerprint density at radius 2 is 2.36 bits per heavy atom. The van der Waals surface area contributed by atoms with E-state index < -0.39 is 11.2 Å².